The summed E-state index contributed by atoms with van der Waals surface area (Å²) in [4.78, 5) is 4.31. The van der Waals surface area contributed by atoms with Crippen molar-refractivity contribution >= 4 is 28.2 Å². The van der Waals surface area contributed by atoms with Crippen LogP contribution in [0.3, 0.4) is 0 Å². The SMILES string of the molecule is Clc1ccc2c(NCCn3ccnn3)ccnc2c1. The van der Waals surface area contributed by atoms with Crippen molar-refractivity contribution in [2.45, 2.75) is 6.54 Å². The molecule has 19 heavy (non-hydrogen) atoms. The average molecular weight is 274 g/mol. The minimum Gasteiger partial charge on any atom is -0.383 e. The number of nitrogens with one attached hydrogen (secondary N) is 1. The number of rotatable bonds is 4. The summed E-state index contributed by atoms with van der Waals surface area (Å²) in [5.74, 6) is 0. The van der Waals surface area contributed by atoms with Gasteiger partial charge in [-0.15, -0.1) is 5.10 Å². The van der Waals surface area contributed by atoms with E-state index < -0.39 is 0 Å². The summed E-state index contributed by atoms with van der Waals surface area (Å²) in [6.45, 7) is 1.53. The van der Waals surface area contributed by atoms with Crippen LogP contribution in [0.5, 0.6) is 0 Å². The summed E-state index contributed by atoms with van der Waals surface area (Å²) >= 11 is 5.96. The highest BCUT2D eigenvalue weighted by atomic mass is 35.5. The molecule has 0 amide bonds. The molecule has 0 saturated carbocycles. The zero-order valence-electron chi connectivity index (χ0n) is 10.1. The van der Waals surface area contributed by atoms with E-state index in [1.54, 1.807) is 17.1 Å². The predicted octanol–water partition coefficient (Wildman–Crippen LogP) is 2.59. The zero-order chi connectivity index (χ0) is 13.1. The molecule has 0 atom stereocenters. The highest BCUT2D eigenvalue weighted by Gasteiger charge is 2.02. The Bertz CT molecular complexity index is 681. The van der Waals surface area contributed by atoms with Gasteiger partial charge in [-0.3, -0.25) is 9.67 Å². The first kappa shape index (κ1) is 11.9. The lowest BCUT2D eigenvalue weighted by atomic mass is 10.2. The van der Waals surface area contributed by atoms with Gasteiger partial charge in [-0.25, -0.2) is 0 Å². The predicted molar refractivity (Wildman–Crippen MR) is 75.3 cm³/mol. The number of anilines is 1. The molecular weight excluding hydrogens is 262 g/mol. The zero-order valence-corrected chi connectivity index (χ0v) is 10.9. The molecule has 1 N–H and O–H groups in total. The molecule has 2 aromatic heterocycles. The number of pyridine rings is 1. The average Bonchev–Trinajstić information content (AvgIpc) is 2.92. The van der Waals surface area contributed by atoms with E-state index in [1.807, 2.05) is 30.5 Å². The van der Waals surface area contributed by atoms with Gasteiger partial charge in [-0.2, -0.15) is 0 Å². The molecule has 3 rings (SSSR count). The molecule has 2 heterocycles. The second-order valence-corrected chi connectivity index (χ2v) is 4.55. The fourth-order valence-electron chi connectivity index (χ4n) is 1.93. The topological polar surface area (TPSA) is 55.6 Å². The molecule has 96 valence electrons. The molecule has 0 bridgehead atoms. The van der Waals surface area contributed by atoms with Crippen LogP contribution >= 0.6 is 11.6 Å². The quantitative estimate of drug-likeness (QED) is 0.794. The van der Waals surface area contributed by atoms with Crippen molar-refractivity contribution in [1.82, 2.24) is 20.0 Å². The van der Waals surface area contributed by atoms with E-state index in [0.29, 0.717) is 5.02 Å². The summed E-state index contributed by atoms with van der Waals surface area (Å²) in [7, 11) is 0. The third-order valence-electron chi connectivity index (χ3n) is 2.83. The van der Waals surface area contributed by atoms with E-state index in [0.717, 1.165) is 29.7 Å². The first-order chi connectivity index (χ1) is 9.33. The Hall–Kier alpha value is -2.14. The van der Waals surface area contributed by atoms with Crippen LogP contribution in [0.25, 0.3) is 10.9 Å². The van der Waals surface area contributed by atoms with Gasteiger partial charge >= 0.3 is 0 Å². The van der Waals surface area contributed by atoms with Gasteiger partial charge < -0.3 is 5.32 Å². The Morgan fingerprint density at radius 3 is 3.00 bits per heavy atom. The van der Waals surface area contributed by atoms with Crippen molar-refractivity contribution in [2.24, 2.45) is 0 Å². The van der Waals surface area contributed by atoms with Gasteiger partial charge in [0.05, 0.1) is 18.3 Å². The van der Waals surface area contributed by atoms with E-state index >= 15 is 0 Å². The molecule has 0 saturated heterocycles. The number of fused-ring (bicyclic) bond motifs is 1. The van der Waals surface area contributed by atoms with E-state index in [4.69, 9.17) is 11.6 Å². The second kappa shape index (κ2) is 5.24. The number of halogens is 1. The molecule has 0 spiro atoms. The lowest BCUT2D eigenvalue weighted by molar-refractivity contribution is 0.609. The van der Waals surface area contributed by atoms with Gasteiger partial charge in [-0.05, 0) is 24.3 Å². The second-order valence-electron chi connectivity index (χ2n) is 4.11. The summed E-state index contributed by atoms with van der Waals surface area (Å²) < 4.78 is 1.78. The normalized spacial score (nSPS) is 10.8. The summed E-state index contributed by atoms with van der Waals surface area (Å²) in [5, 5.41) is 12.8. The maximum Gasteiger partial charge on any atom is 0.0737 e. The first-order valence-corrected chi connectivity index (χ1v) is 6.33. The molecule has 0 aliphatic heterocycles. The van der Waals surface area contributed by atoms with Crippen LogP contribution in [-0.4, -0.2) is 26.5 Å². The molecule has 0 fully saturated rings. The van der Waals surface area contributed by atoms with Crippen molar-refractivity contribution in [1.29, 1.82) is 0 Å². The Morgan fingerprint density at radius 1 is 1.21 bits per heavy atom. The number of benzene rings is 1. The smallest absolute Gasteiger partial charge is 0.0737 e. The van der Waals surface area contributed by atoms with Crippen LogP contribution in [0.4, 0.5) is 5.69 Å². The summed E-state index contributed by atoms with van der Waals surface area (Å²) in [6, 6.07) is 7.66. The minimum atomic E-state index is 0.694. The van der Waals surface area contributed by atoms with Crippen molar-refractivity contribution in [3.63, 3.8) is 0 Å². The molecule has 5 nitrogen and oxygen atoms in total. The third-order valence-corrected chi connectivity index (χ3v) is 3.07. The van der Waals surface area contributed by atoms with Crippen LogP contribution in [0.15, 0.2) is 42.9 Å². The van der Waals surface area contributed by atoms with Crippen LogP contribution in [0.1, 0.15) is 0 Å². The number of hydrogen-bond donors (Lipinski definition) is 1. The van der Waals surface area contributed by atoms with E-state index in [1.165, 1.54) is 0 Å². The van der Waals surface area contributed by atoms with Crippen molar-refractivity contribution < 1.29 is 0 Å². The van der Waals surface area contributed by atoms with Gasteiger partial charge in [0.15, 0.2) is 0 Å². The largest absolute Gasteiger partial charge is 0.383 e. The Labute approximate surface area is 115 Å². The van der Waals surface area contributed by atoms with E-state index in [9.17, 15) is 0 Å². The third kappa shape index (κ3) is 2.66. The molecule has 3 aromatic rings. The fraction of sp³-hybridized carbons (Fsp3) is 0.154. The summed E-state index contributed by atoms with van der Waals surface area (Å²) in [5.41, 5.74) is 1.93. The lowest BCUT2D eigenvalue weighted by Gasteiger charge is -2.09. The van der Waals surface area contributed by atoms with Crippen LogP contribution in [0, 0.1) is 0 Å². The van der Waals surface area contributed by atoms with Gasteiger partial charge in [0.1, 0.15) is 0 Å². The van der Waals surface area contributed by atoms with Crippen molar-refractivity contribution in [3.8, 4) is 0 Å². The maximum atomic E-state index is 5.96. The van der Waals surface area contributed by atoms with E-state index in [-0.39, 0.29) is 0 Å². The standard InChI is InChI=1S/C13H12ClN5/c14-10-1-2-11-12(3-4-15-13(11)9-10)16-5-7-19-8-6-17-18-19/h1-4,6,8-9H,5,7H2,(H,15,16). The van der Waals surface area contributed by atoms with E-state index in [2.05, 4.69) is 20.6 Å². The fourth-order valence-corrected chi connectivity index (χ4v) is 2.10. The number of aromatic nitrogens is 4. The molecule has 0 aliphatic carbocycles. The molecule has 0 aliphatic rings. The summed E-state index contributed by atoms with van der Waals surface area (Å²) in [6.07, 6.45) is 5.28. The number of hydrogen-bond acceptors (Lipinski definition) is 4. The highest BCUT2D eigenvalue weighted by molar-refractivity contribution is 6.31. The molecule has 1 aromatic carbocycles. The van der Waals surface area contributed by atoms with Gasteiger partial charge in [0.25, 0.3) is 0 Å². The van der Waals surface area contributed by atoms with Gasteiger partial charge in [-0.1, -0.05) is 16.8 Å². The molecule has 6 heteroatoms. The van der Waals surface area contributed by atoms with Crippen molar-refractivity contribution in [3.05, 3.63) is 47.9 Å². The number of nitrogens with zero attached hydrogens (tertiary/aromatic N) is 4. The lowest BCUT2D eigenvalue weighted by Crippen LogP contribution is -2.11. The first-order valence-electron chi connectivity index (χ1n) is 5.95. The monoisotopic (exact) mass is 273 g/mol. The molecule has 0 radical (unpaired) electrons. The Balaban J connectivity index is 1.77. The Kier molecular flexibility index (Phi) is 3.29. The van der Waals surface area contributed by atoms with Crippen LogP contribution in [0.2, 0.25) is 5.02 Å². The van der Waals surface area contributed by atoms with Crippen LogP contribution in [-0.2, 0) is 6.54 Å². The van der Waals surface area contributed by atoms with Gasteiger partial charge in [0, 0.05) is 35.0 Å². The Morgan fingerprint density at radius 2 is 2.16 bits per heavy atom. The van der Waals surface area contributed by atoms with Gasteiger partial charge in [0.2, 0.25) is 0 Å². The highest BCUT2D eigenvalue weighted by Crippen LogP contribution is 2.24. The van der Waals surface area contributed by atoms with Crippen LogP contribution < -0.4 is 5.32 Å². The molecular formula is C13H12ClN5. The minimum absolute atomic E-state index is 0.694. The van der Waals surface area contributed by atoms with Crippen molar-refractivity contribution in [2.75, 3.05) is 11.9 Å². The molecule has 0 unspecified atom stereocenters. The maximum absolute atomic E-state index is 5.96.